The standard InChI is InChI=1S/C52H96O6/c1-4-7-10-13-15-17-19-20-21-22-23-24-25-26-27-28-29-30-31-32-33-35-36-39-42-45-51(54)57-48-49(47-56-50(53)44-41-38-12-9-6-3)58-52(55)46-43-40-37-34-18-16-14-11-8-5-2/h19-20,22-23,49H,4-18,21,24-48H2,1-3H3/b20-19-,23-22-. The summed E-state index contributed by atoms with van der Waals surface area (Å²) in [5.74, 6) is -0.876. The van der Waals surface area contributed by atoms with Crippen LogP contribution in [0.3, 0.4) is 0 Å². The second-order valence-corrected chi connectivity index (χ2v) is 17.1. The average molecular weight is 817 g/mol. The van der Waals surface area contributed by atoms with Crippen molar-refractivity contribution in [2.24, 2.45) is 0 Å². The molecule has 0 aliphatic rings. The number of allylic oxidation sites excluding steroid dienone is 4. The molecule has 0 aliphatic carbocycles. The summed E-state index contributed by atoms with van der Waals surface area (Å²) in [4.78, 5) is 37.5. The van der Waals surface area contributed by atoms with Crippen LogP contribution in [0.5, 0.6) is 0 Å². The monoisotopic (exact) mass is 817 g/mol. The van der Waals surface area contributed by atoms with Gasteiger partial charge in [-0.15, -0.1) is 0 Å². The number of carbonyl (C=O) groups excluding carboxylic acids is 3. The van der Waals surface area contributed by atoms with Crippen LogP contribution in [-0.2, 0) is 28.6 Å². The summed E-state index contributed by atoms with van der Waals surface area (Å²) in [5.41, 5.74) is 0. The molecule has 0 bridgehead atoms. The third kappa shape index (κ3) is 45.0. The Morgan fingerprint density at radius 2 is 0.621 bits per heavy atom. The molecule has 1 atom stereocenters. The van der Waals surface area contributed by atoms with E-state index in [2.05, 4.69) is 45.1 Å². The summed E-state index contributed by atoms with van der Waals surface area (Å²) < 4.78 is 16.6. The maximum Gasteiger partial charge on any atom is 0.306 e. The first-order chi connectivity index (χ1) is 28.5. The zero-order valence-electron chi connectivity index (χ0n) is 38.8. The molecule has 0 saturated heterocycles. The van der Waals surface area contributed by atoms with Crippen LogP contribution in [0.4, 0.5) is 0 Å². The van der Waals surface area contributed by atoms with Gasteiger partial charge in [-0.3, -0.25) is 14.4 Å². The lowest BCUT2D eigenvalue weighted by molar-refractivity contribution is -0.167. The van der Waals surface area contributed by atoms with Crippen molar-refractivity contribution in [2.45, 2.75) is 277 Å². The van der Waals surface area contributed by atoms with Gasteiger partial charge in [-0.2, -0.15) is 0 Å². The highest BCUT2D eigenvalue weighted by Crippen LogP contribution is 2.16. The van der Waals surface area contributed by atoms with E-state index in [-0.39, 0.29) is 31.1 Å². The van der Waals surface area contributed by atoms with Crippen LogP contribution in [0.25, 0.3) is 0 Å². The van der Waals surface area contributed by atoms with Gasteiger partial charge in [0.25, 0.3) is 0 Å². The summed E-state index contributed by atoms with van der Waals surface area (Å²) >= 11 is 0. The van der Waals surface area contributed by atoms with E-state index in [0.717, 1.165) is 70.6 Å². The van der Waals surface area contributed by atoms with Gasteiger partial charge in [-0.1, -0.05) is 225 Å². The predicted molar refractivity (Wildman–Crippen MR) is 247 cm³/mol. The summed E-state index contributed by atoms with van der Waals surface area (Å²) in [5, 5.41) is 0. The Morgan fingerprint density at radius 1 is 0.345 bits per heavy atom. The molecule has 0 spiro atoms. The zero-order chi connectivity index (χ0) is 42.3. The molecular weight excluding hydrogens is 721 g/mol. The van der Waals surface area contributed by atoms with Crippen molar-refractivity contribution in [3.05, 3.63) is 24.3 Å². The highest BCUT2D eigenvalue weighted by molar-refractivity contribution is 5.71. The highest BCUT2D eigenvalue weighted by atomic mass is 16.6. The van der Waals surface area contributed by atoms with Crippen molar-refractivity contribution in [2.75, 3.05) is 13.2 Å². The van der Waals surface area contributed by atoms with E-state index in [1.807, 2.05) is 0 Å². The van der Waals surface area contributed by atoms with Gasteiger partial charge in [0.1, 0.15) is 13.2 Å². The Kier molecular flexibility index (Phi) is 45.8. The molecule has 6 heteroatoms. The fraction of sp³-hybridized carbons (Fsp3) is 0.865. The molecule has 0 saturated carbocycles. The Labute approximate surface area is 360 Å². The Balaban J connectivity index is 3.99. The third-order valence-electron chi connectivity index (χ3n) is 11.2. The van der Waals surface area contributed by atoms with Crippen molar-refractivity contribution in [1.29, 1.82) is 0 Å². The molecule has 0 N–H and O–H groups in total. The van der Waals surface area contributed by atoms with E-state index in [1.165, 1.54) is 161 Å². The number of unbranched alkanes of at least 4 members (excludes halogenated alkanes) is 31. The second kappa shape index (κ2) is 47.6. The van der Waals surface area contributed by atoms with Crippen molar-refractivity contribution in [3.8, 4) is 0 Å². The van der Waals surface area contributed by atoms with E-state index in [1.54, 1.807) is 0 Å². The molecule has 0 aliphatic heterocycles. The summed E-state index contributed by atoms with van der Waals surface area (Å²) in [7, 11) is 0. The Morgan fingerprint density at radius 3 is 0.948 bits per heavy atom. The van der Waals surface area contributed by atoms with E-state index < -0.39 is 6.10 Å². The molecule has 0 amide bonds. The van der Waals surface area contributed by atoms with Crippen LogP contribution in [0, 0.1) is 0 Å². The quantitative estimate of drug-likeness (QED) is 0.0263. The van der Waals surface area contributed by atoms with Gasteiger partial charge >= 0.3 is 17.9 Å². The average Bonchev–Trinajstić information content (AvgIpc) is 3.22. The topological polar surface area (TPSA) is 78.9 Å². The largest absolute Gasteiger partial charge is 0.462 e. The second-order valence-electron chi connectivity index (χ2n) is 17.1. The van der Waals surface area contributed by atoms with Gasteiger partial charge in [-0.05, 0) is 51.4 Å². The molecule has 0 fully saturated rings. The van der Waals surface area contributed by atoms with E-state index in [0.29, 0.717) is 19.3 Å². The normalized spacial score (nSPS) is 12.1. The molecule has 0 aromatic carbocycles. The summed E-state index contributed by atoms with van der Waals surface area (Å²) in [6.07, 6.45) is 53.6. The van der Waals surface area contributed by atoms with Crippen molar-refractivity contribution in [3.63, 3.8) is 0 Å². The summed E-state index contributed by atoms with van der Waals surface area (Å²) in [6, 6.07) is 0. The molecule has 0 rings (SSSR count). The van der Waals surface area contributed by atoms with Crippen LogP contribution in [0.2, 0.25) is 0 Å². The lowest BCUT2D eigenvalue weighted by atomic mass is 10.0. The van der Waals surface area contributed by atoms with Crippen LogP contribution in [0.1, 0.15) is 271 Å². The van der Waals surface area contributed by atoms with Gasteiger partial charge < -0.3 is 14.2 Å². The van der Waals surface area contributed by atoms with Gasteiger partial charge in [0.15, 0.2) is 6.10 Å². The number of carbonyl (C=O) groups is 3. The minimum absolute atomic E-state index is 0.0683. The third-order valence-corrected chi connectivity index (χ3v) is 11.2. The Bertz CT molecular complexity index is 942. The zero-order valence-corrected chi connectivity index (χ0v) is 38.8. The number of esters is 3. The van der Waals surface area contributed by atoms with Crippen LogP contribution in [-0.4, -0.2) is 37.2 Å². The molecule has 0 aromatic rings. The number of rotatable bonds is 46. The van der Waals surface area contributed by atoms with Crippen LogP contribution in [0.15, 0.2) is 24.3 Å². The molecular formula is C52H96O6. The fourth-order valence-corrected chi connectivity index (χ4v) is 7.36. The molecule has 0 radical (unpaired) electrons. The number of hydrogen-bond donors (Lipinski definition) is 0. The minimum atomic E-state index is -0.761. The molecule has 58 heavy (non-hydrogen) atoms. The smallest absolute Gasteiger partial charge is 0.306 e. The van der Waals surface area contributed by atoms with Crippen molar-refractivity contribution < 1.29 is 28.6 Å². The van der Waals surface area contributed by atoms with E-state index in [4.69, 9.17) is 14.2 Å². The van der Waals surface area contributed by atoms with Crippen LogP contribution >= 0.6 is 0 Å². The molecule has 0 heterocycles. The van der Waals surface area contributed by atoms with Gasteiger partial charge in [-0.25, -0.2) is 0 Å². The Hall–Kier alpha value is -2.11. The first-order valence-corrected chi connectivity index (χ1v) is 25.3. The van der Waals surface area contributed by atoms with Gasteiger partial charge in [0, 0.05) is 19.3 Å². The molecule has 340 valence electrons. The lowest BCUT2D eigenvalue weighted by Crippen LogP contribution is -2.30. The maximum absolute atomic E-state index is 12.6. The number of hydrogen-bond acceptors (Lipinski definition) is 6. The maximum atomic E-state index is 12.6. The van der Waals surface area contributed by atoms with Crippen molar-refractivity contribution >= 4 is 17.9 Å². The first-order valence-electron chi connectivity index (χ1n) is 25.3. The molecule has 1 unspecified atom stereocenters. The molecule has 6 nitrogen and oxygen atoms in total. The minimum Gasteiger partial charge on any atom is -0.462 e. The van der Waals surface area contributed by atoms with Crippen LogP contribution < -0.4 is 0 Å². The predicted octanol–water partition coefficient (Wildman–Crippen LogP) is 16.4. The first kappa shape index (κ1) is 55.9. The summed E-state index contributed by atoms with van der Waals surface area (Å²) in [6.45, 7) is 6.55. The lowest BCUT2D eigenvalue weighted by Gasteiger charge is -2.18. The number of ether oxygens (including phenoxy) is 3. The highest BCUT2D eigenvalue weighted by Gasteiger charge is 2.19. The van der Waals surface area contributed by atoms with Gasteiger partial charge in [0.05, 0.1) is 0 Å². The van der Waals surface area contributed by atoms with E-state index in [9.17, 15) is 14.4 Å². The van der Waals surface area contributed by atoms with Gasteiger partial charge in [0.2, 0.25) is 0 Å². The SMILES string of the molecule is CCCCCCC/C=C\C/C=C\CCCCCCCCCCCCCCCC(=O)OCC(COC(=O)CCCCCCC)OC(=O)CCCCCCCCCCCC. The molecule has 0 aromatic heterocycles. The van der Waals surface area contributed by atoms with E-state index >= 15 is 0 Å². The fourth-order valence-electron chi connectivity index (χ4n) is 7.36. The van der Waals surface area contributed by atoms with Crippen molar-refractivity contribution in [1.82, 2.24) is 0 Å².